The maximum Gasteiger partial charge on any atom is 0.226 e. The number of rotatable bonds is 8. The number of halogens is 1. The molecule has 0 bridgehead atoms. The van der Waals surface area contributed by atoms with Gasteiger partial charge in [-0.2, -0.15) is 0 Å². The van der Waals surface area contributed by atoms with Gasteiger partial charge in [0.05, 0.1) is 12.1 Å². The molecular formula is C21H20ClN3O3S. The van der Waals surface area contributed by atoms with E-state index in [1.807, 2.05) is 23.6 Å². The average molecular weight is 430 g/mol. The van der Waals surface area contributed by atoms with Crippen LogP contribution in [0.25, 0.3) is 0 Å². The first-order valence-corrected chi connectivity index (χ1v) is 10.2. The number of nitrogens with zero attached hydrogens (tertiary/aromatic N) is 1. The summed E-state index contributed by atoms with van der Waals surface area (Å²) < 4.78 is 5.67. The second-order valence-electron chi connectivity index (χ2n) is 6.31. The van der Waals surface area contributed by atoms with Gasteiger partial charge in [-0.1, -0.05) is 23.7 Å². The number of amides is 2. The Morgan fingerprint density at radius 2 is 1.97 bits per heavy atom. The molecule has 2 amide bonds. The Hall–Kier alpha value is -2.90. The highest BCUT2D eigenvalue weighted by Crippen LogP contribution is 2.18. The smallest absolute Gasteiger partial charge is 0.226 e. The SMILES string of the molecule is CC(=O)Nc1cccc(CNC(=O)Cc2csc(COc3ccc(Cl)cc3)n2)c1. The molecule has 150 valence electrons. The first-order chi connectivity index (χ1) is 14.0. The van der Waals surface area contributed by atoms with Crippen LogP contribution in [-0.2, 0) is 29.2 Å². The Morgan fingerprint density at radius 3 is 2.72 bits per heavy atom. The fourth-order valence-corrected chi connectivity index (χ4v) is 3.39. The van der Waals surface area contributed by atoms with Crippen molar-refractivity contribution in [3.8, 4) is 5.75 Å². The minimum atomic E-state index is -0.134. The zero-order valence-electron chi connectivity index (χ0n) is 15.8. The molecule has 29 heavy (non-hydrogen) atoms. The summed E-state index contributed by atoms with van der Waals surface area (Å²) in [4.78, 5) is 27.8. The van der Waals surface area contributed by atoms with E-state index in [9.17, 15) is 9.59 Å². The molecule has 6 nitrogen and oxygen atoms in total. The first kappa shape index (κ1) is 20.8. The number of carbonyl (C=O) groups excluding carboxylic acids is 2. The van der Waals surface area contributed by atoms with Crippen molar-refractivity contribution in [1.29, 1.82) is 0 Å². The summed E-state index contributed by atoms with van der Waals surface area (Å²) in [5.74, 6) is 0.460. The third-order valence-corrected chi connectivity index (χ3v) is 4.98. The van der Waals surface area contributed by atoms with Gasteiger partial charge in [0, 0.05) is 29.6 Å². The summed E-state index contributed by atoms with van der Waals surface area (Å²) in [5.41, 5.74) is 2.31. The standard InChI is InChI=1S/C21H20ClN3O3S/c1-14(26)24-17-4-2-3-15(9-17)11-23-20(27)10-18-13-29-21(25-18)12-28-19-7-5-16(22)6-8-19/h2-9,13H,10-12H2,1H3,(H,23,27)(H,24,26). The van der Waals surface area contributed by atoms with E-state index in [0.29, 0.717) is 35.3 Å². The zero-order chi connectivity index (χ0) is 20.6. The Morgan fingerprint density at radius 1 is 1.17 bits per heavy atom. The van der Waals surface area contributed by atoms with E-state index in [4.69, 9.17) is 16.3 Å². The summed E-state index contributed by atoms with van der Waals surface area (Å²) in [6.07, 6.45) is 0.197. The lowest BCUT2D eigenvalue weighted by molar-refractivity contribution is -0.120. The minimum absolute atomic E-state index is 0.120. The molecule has 3 rings (SSSR count). The number of aromatic nitrogens is 1. The Balaban J connectivity index is 1.46. The van der Waals surface area contributed by atoms with Crippen LogP contribution >= 0.6 is 22.9 Å². The fraction of sp³-hybridized carbons (Fsp3) is 0.190. The first-order valence-electron chi connectivity index (χ1n) is 8.93. The molecule has 0 saturated heterocycles. The summed E-state index contributed by atoms with van der Waals surface area (Å²) in [6, 6.07) is 14.5. The lowest BCUT2D eigenvalue weighted by atomic mass is 10.2. The van der Waals surface area contributed by atoms with Gasteiger partial charge in [-0.15, -0.1) is 11.3 Å². The molecule has 1 aromatic heterocycles. The van der Waals surface area contributed by atoms with Crippen LogP contribution in [0.4, 0.5) is 5.69 Å². The highest BCUT2D eigenvalue weighted by Gasteiger charge is 2.09. The summed E-state index contributed by atoms with van der Waals surface area (Å²) in [5, 5.41) is 8.90. The topological polar surface area (TPSA) is 80.3 Å². The minimum Gasteiger partial charge on any atom is -0.486 e. The summed E-state index contributed by atoms with van der Waals surface area (Å²) in [6.45, 7) is 2.17. The van der Waals surface area contributed by atoms with Gasteiger partial charge in [-0.3, -0.25) is 9.59 Å². The molecule has 0 aliphatic rings. The van der Waals surface area contributed by atoms with Gasteiger partial charge in [0.25, 0.3) is 0 Å². The average Bonchev–Trinajstić information content (AvgIpc) is 3.13. The van der Waals surface area contributed by atoms with Gasteiger partial charge in [0.1, 0.15) is 17.4 Å². The van der Waals surface area contributed by atoms with E-state index >= 15 is 0 Å². The van der Waals surface area contributed by atoms with E-state index in [0.717, 1.165) is 10.6 Å². The molecule has 0 spiro atoms. The Bertz CT molecular complexity index is 989. The van der Waals surface area contributed by atoms with Crippen LogP contribution in [0.5, 0.6) is 5.75 Å². The number of carbonyl (C=O) groups is 2. The molecule has 0 atom stereocenters. The van der Waals surface area contributed by atoms with Gasteiger partial charge in [0.2, 0.25) is 11.8 Å². The highest BCUT2D eigenvalue weighted by atomic mass is 35.5. The normalized spacial score (nSPS) is 10.4. The maximum absolute atomic E-state index is 12.2. The molecule has 3 aromatic rings. The summed E-state index contributed by atoms with van der Waals surface area (Å²) in [7, 11) is 0. The van der Waals surface area contributed by atoms with Gasteiger partial charge >= 0.3 is 0 Å². The molecule has 2 N–H and O–H groups in total. The van der Waals surface area contributed by atoms with Crippen molar-refractivity contribution in [1.82, 2.24) is 10.3 Å². The predicted octanol–water partition coefficient (Wildman–Crippen LogP) is 4.19. The van der Waals surface area contributed by atoms with Crippen molar-refractivity contribution in [2.75, 3.05) is 5.32 Å². The highest BCUT2D eigenvalue weighted by molar-refractivity contribution is 7.09. The van der Waals surface area contributed by atoms with E-state index in [1.54, 1.807) is 30.3 Å². The van der Waals surface area contributed by atoms with E-state index in [-0.39, 0.29) is 18.2 Å². The Labute approximate surface area is 177 Å². The number of benzene rings is 2. The molecule has 0 aliphatic heterocycles. The lowest BCUT2D eigenvalue weighted by Crippen LogP contribution is -2.24. The van der Waals surface area contributed by atoms with Crippen LogP contribution in [0.2, 0.25) is 5.02 Å². The van der Waals surface area contributed by atoms with Gasteiger partial charge in [-0.25, -0.2) is 4.98 Å². The molecule has 0 unspecified atom stereocenters. The quantitative estimate of drug-likeness (QED) is 0.562. The van der Waals surface area contributed by atoms with Crippen LogP contribution in [0.1, 0.15) is 23.2 Å². The van der Waals surface area contributed by atoms with Crippen LogP contribution in [0.15, 0.2) is 53.9 Å². The second-order valence-corrected chi connectivity index (χ2v) is 7.69. The number of thiazole rings is 1. The van der Waals surface area contributed by atoms with Crippen LogP contribution in [-0.4, -0.2) is 16.8 Å². The molecule has 0 aliphatic carbocycles. The predicted molar refractivity (Wildman–Crippen MR) is 114 cm³/mol. The van der Waals surface area contributed by atoms with Gasteiger partial charge in [0.15, 0.2) is 0 Å². The van der Waals surface area contributed by atoms with E-state index < -0.39 is 0 Å². The lowest BCUT2D eigenvalue weighted by Gasteiger charge is -2.07. The third kappa shape index (κ3) is 6.89. The maximum atomic E-state index is 12.2. The van der Waals surface area contributed by atoms with E-state index in [1.165, 1.54) is 18.3 Å². The van der Waals surface area contributed by atoms with Crippen LogP contribution < -0.4 is 15.4 Å². The molecular weight excluding hydrogens is 410 g/mol. The van der Waals surface area contributed by atoms with Crippen molar-refractivity contribution >= 4 is 40.4 Å². The number of hydrogen-bond donors (Lipinski definition) is 2. The van der Waals surface area contributed by atoms with Crippen molar-refractivity contribution in [3.63, 3.8) is 0 Å². The van der Waals surface area contributed by atoms with Crippen LogP contribution in [0.3, 0.4) is 0 Å². The molecule has 2 aromatic carbocycles. The Kier molecular flexibility index (Phi) is 7.21. The molecule has 8 heteroatoms. The van der Waals surface area contributed by atoms with Crippen LogP contribution in [0, 0.1) is 0 Å². The fourth-order valence-electron chi connectivity index (χ4n) is 2.56. The third-order valence-electron chi connectivity index (χ3n) is 3.85. The van der Waals surface area contributed by atoms with Crippen molar-refractivity contribution in [2.24, 2.45) is 0 Å². The molecule has 0 fully saturated rings. The van der Waals surface area contributed by atoms with Gasteiger partial charge in [-0.05, 0) is 42.0 Å². The summed E-state index contributed by atoms with van der Waals surface area (Å²) >= 11 is 7.31. The number of anilines is 1. The molecule has 1 heterocycles. The van der Waals surface area contributed by atoms with E-state index in [2.05, 4.69) is 15.6 Å². The number of nitrogens with one attached hydrogen (secondary N) is 2. The molecule has 0 saturated carbocycles. The second kappa shape index (κ2) is 10.0. The molecule has 0 radical (unpaired) electrons. The van der Waals surface area contributed by atoms with Gasteiger partial charge < -0.3 is 15.4 Å². The van der Waals surface area contributed by atoms with Crippen molar-refractivity contribution in [2.45, 2.75) is 26.5 Å². The van der Waals surface area contributed by atoms with Crippen molar-refractivity contribution < 1.29 is 14.3 Å². The zero-order valence-corrected chi connectivity index (χ0v) is 17.3. The monoisotopic (exact) mass is 429 g/mol. The van der Waals surface area contributed by atoms with Crippen molar-refractivity contribution in [3.05, 3.63) is 75.2 Å². The largest absolute Gasteiger partial charge is 0.486 e. The number of hydrogen-bond acceptors (Lipinski definition) is 5. The number of ether oxygens (including phenoxy) is 1.